The van der Waals surface area contributed by atoms with E-state index in [2.05, 4.69) is 17.1 Å². The molecule has 30 heavy (non-hydrogen) atoms. The number of amides is 1. The molecule has 5 nitrogen and oxygen atoms in total. The predicted octanol–water partition coefficient (Wildman–Crippen LogP) is 4.81. The van der Waals surface area contributed by atoms with Crippen LogP contribution in [0, 0.1) is 11.7 Å². The number of rotatable bonds is 5. The third-order valence-electron chi connectivity index (χ3n) is 5.48. The Morgan fingerprint density at radius 3 is 2.40 bits per heavy atom. The summed E-state index contributed by atoms with van der Waals surface area (Å²) < 4.78 is 15.3. The molecule has 1 aliphatic heterocycles. The number of piperidine rings is 1. The van der Waals surface area contributed by atoms with Crippen LogP contribution in [-0.4, -0.2) is 43.9 Å². The number of hydrogen-bond donors (Lipinski definition) is 0. The van der Waals surface area contributed by atoms with Crippen molar-refractivity contribution < 1.29 is 9.18 Å². The van der Waals surface area contributed by atoms with Crippen LogP contribution in [0.15, 0.2) is 59.8 Å². The smallest absolute Gasteiger partial charge is 0.235 e. The Morgan fingerprint density at radius 2 is 1.73 bits per heavy atom. The van der Waals surface area contributed by atoms with Crippen LogP contribution in [0.2, 0.25) is 0 Å². The summed E-state index contributed by atoms with van der Waals surface area (Å²) in [4.78, 5) is 14.9. The SMILES string of the molecule is CC1CCN(C(=O)C(C)Sc2nnc(-c3ccc(F)cc3)n2-c2ccccc2)CC1. The zero-order chi connectivity index (χ0) is 21.1. The standard InChI is InChI=1S/C23H25FN4OS/c1-16-12-14-27(15-13-16)22(29)17(2)30-23-26-25-21(18-8-10-19(24)11-9-18)28(23)20-6-4-3-5-7-20/h3-11,16-17H,12-15H2,1-2H3. The maximum absolute atomic E-state index is 13.4. The van der Waals surface area contributed by atoms with Crippen molar-refractivity contribution >= 4 is 17.7 Å². The molecule has 4 rings (SSSR count). The highest BCUT2D eigenvalue weighted by atomic mass is 32.2. The first kappa shape index (κ1) is 20.6. The van der Waals surface area contributed by atoms with Gasteiger partial charge in [0.2, 0.25) is 5.91 Å². The molecule has 1 fully saturated rings. The van der Waals surface area contributed by atoms with Crippen molar-refractivity contribution in [3.8, 4) is 17.1 Å². The van der Waals surface area contributed by atoms with Gasteiger partial charge in [-0.25, -0.2) is 4.39 Å². The first-order chi connectivity index (χ1) is 14.5. The summed E-state index contributed by atoms with van der Waals surface area (Å²) in [6.45, 7) is 5.79. The van der Waals surface area contributed by atoms with Crippen LogP contribution >= 0.6 is 11.8 Å². The lowest BCUT2D eigenvalue weighted by Gasteiger charge is -2.32. The van der Waals surface area contributed by atoms with Crippen LogP contribution < -0.4 is 0 Å². The summed E-state index contributed by atoms with van der Waals surface area (Å²) in [6, 6.07) is 16.0. The van der Waals surface area contributed by atoms with E-state index < -0.39 is 0 Å². The quantitative estimate of drug-likeness (QED) is 0.552. The summed E-state index contributed by atoms with van der Waals surface area (Å²) in [5, 5.41) is 9.13. The highest BCUT2D eigenvalue weighted by Crippen LogP contribution is 2.31. The van der Waals surface area contributed by atoms with Crippen LogP contribution in [0.3, 0.4) is 0 Å². The van der Waals surface area contributed by atoms with Gasteiger partial charge in [-0.15, -0.1) is 10.2 Å². The van der Waals surface area contributed by atoms with Crippen LogP contribution in [0.5, 0.6) is 0 Å². The lowest BCUT2D eigenvalue weighted by Crippen LogP contribution is -2.41. The van der Waals surface area contributed by atoms with Crippen molar-refractivity contribution in [2.45, 2.75) is 37.1 Å². The molecule has 0 spiro atoms. The van der Waals surface area contributed by atoms with Crippen molar-refractivity contribution in [2.24, 2.45) is 5.92 Å². The Balaban J connectivity index is 1.63. The van der Waals surface area contributed by atoms with E-state index in [4.69, 9.17) is 0 Å². The van der Waals surface area contributed by atoms with Crippen LogP contribution in [-0.2, 0) is 4.79 Å². The molecular weight excluding hydrogens is 399 g/mol. The van der Waals surface area contributed by atoms with Gasteiger partial charge < -0.3 is 4.90 Å². The van der Waals surface area contributed by atoms with Crippen molar-refractivity contribution in [1.29, 1.82) is 0 Å². The Bertz CT molecular complexity index is 998. The average Bonchev–Trinajstić information content (AvgIpc) is 3.18. The molecule has 0 aliphatic carbocycles. The third kappa shape index (κ3) is 4.41. The lowest BCUT2D eigenvalue weighted by atomic mass is 9.99. The number of para-hydroxylation sites is 1. The van der Waals surface area contributed by atoms with Crippen LogP contribution in [0.4, 0.5) is 4.39 Å². The lowest BCUT2D eigenvalue weighted by molar-refractivity contribution is -0.131. The highest BCUT2D eigenvalue weighted by molar-refractivity contribution is 8.00. The molecule has 1 unspecified atom stereocenters. The zero-order valence-electron chi connectivity index (χ0n) is 17.2. The molecular formula is C23H25FN4OS. The van der Waals surface area contributed by atoms with Gasteiger partial charge >= 0.3 is 0 Å². The van der Waals surface area contributed by atoms with Gasteiger partial charge in [-0.2, -0.15) is 0 Å². The largest absolute Gasteiger partial charge is 0.342 e. The fourth-order valence-corrected chi connectivity index (χ4v) is 4.59. The topological polar surface area (TPSA) is 51.0 Å². The van der Waals surface area contributed by atoms with Gasteiger partial charge in [0.05, 0.1) is 5.25 Å². The molecule has 1 aliphatic rings. The molecule has 2 aromatic carbocycles. The van der Waals surface area contributed by atoms with E-state index >= 15 is 0 Å². The number of halogens is 1. The summed E-state index contributed by atoms with van der Waals surface area (Å²) in [5.74, 6) is 1.14. The number of aromatic nitrogens is 3. The summed E-state index contributed by atoms with van der Waals surface area (Å²) in [7, 11) is 0. The first-order valence-electron chi connectivity index (χ1n) is 10.2. The first-order valence-corrected chi connectivity index (χ1v) is 11.1. The van der Waals surface area contributed by atoms with E-state index in [-0.39, 0.29) is 17.0 Å². The van der Waals surface area contributed by atoms with Crippen LogP contribution in [0.25, 0.3) is 17.1 Å². The number of thioether (sulfide) groups is 1. The fourth-order valence-electron chi connectivity index (χ4n) is 3.64. The van der Waals surface area contributed by atoms with E-state index in [1.54, 1.807) is 12.1 Å². The summed E-state index contributed by atoms with van der Waals surface area (Å²) in [5.41, 5.74) is 1.67. The van der Waals surface area contributed by atoms with E-state index in [1.165, 1.54) is 23.9 Å². The second-order valence-electron chi connectivity index (χ2n) is 7.75. The summed E-state index contributed by atoms with van der Waals surface area (Å²) in [6.07, 6.45) is 2.11. The van der Waals surface area contributed by atoms with E-state index in [0.29, 0.717) is 16.9 Å². The minimum Gasteiger partial charge on any atom is -0.342 e. The molecule has 7 heteroatoms. The number of carbonyl (C=O) groups is 1. The highest BCUT2D eigenvalue weighted by Gasteiger charge is 2.27. The molecule has 1 saturated heterocycles. The minimum atomic E-state index is -0.297. The van der Waals surface area contributed by atoms with Crippen molar-refractivity contribution in [3.05, 3.63) is 60.4 Å². The molecule has 3 aromatic rings. The maximum atomic E-state index is 13.4. The van der Waals surface area contributed by atoms with Gasteiger partial charge in [0, 0.05) is 24.3 Å². The molecule has 1 amide bonds. The molecule has 0 radical (unpaired) electrons. The second-order valence-corrected chi connectivity index (χ2v) is 9.06. The Labute approximate surface area is 180 Å². The Morgan fingerprint density at radius 1 is 1.07 bits per heavy atom. The normalized spacial score (nSPS) is 15.9. The minimum absolute atomic E-state index is 0.137. The van der Waals surface area contributed by atoms with Crippen molar-refractivity contribution in [3.63, 3.8) is 0 Å². The number of nitrogens with zero attached hydrogens (tertiary/aromatic N) is 4. The van der Waals surface area contributed by atoms with Crippen LogP contribution in [0.1, 0.15) is 26.7 Å². The third-order valence-corrected chi connectivity index (χ3v) is 6.51. The van der Waals surface area contributed by atoms with Gasteiger partial charge in [-0.3, -0.25) is 9.36 Å². The number of likely N-dealkylation sites (tertiary alicyclic amines) is 1. The number of hydrogen-bond acceptors (Lipinski definition) is 4. The fraction of sp³-hybridized carbons (Fsp3) is 0.348. The van der Waals surface area contributed by atoms with Gasteiger partial charge in [0.25, 0.3) is 0 Å². The number of carbonyl (C=O) groups excluding carboxylic acids is 1. The van der Waals surface area contributed by atoms with Gasteiger partial charge in [0.1, 0.15) is 5.82 Å². The van der Waals surface area contributed by atoms with Gasteiger partial charge in [-0.1, -0.05) is 36.9 Å². The summed E-state index contributed by atoms with van der Waals surface area (Å²) >= 11 is 1.41. The van der Waals surface area contributed by atoms with Crippen molar-refractivity contribution in [1.82, 2.24) is 19.7 Å². The Hall–Kier alpha value is -2.67. The van der Waals surface area contributed by atoms with Gasteiger partial charge in [-0.05, 0) is 62.1 Å². The molecule has 0 bridgehead atoms. The molecule has 1 aromatic heterocycles. The Kier molecular flexibility index (Phi) is 6.18. The maximum Gasteiger partial charge on any atom is 0.235 e. The average molecular weight is 425 g/mol. The molecule has 156 valence electrons. The number of benzene rings is 2. The molecule has 0 N–H and O–H groups in total. The van der Waals surface area contributed by atoms with Crippen molar-refractivity contribution in [2.75, 3.05) is 13.1 Å². The predicted molar refractivity (Wildman–Crippen MR) is 117 cm³/mol. The molecule has 0 saturated carbocycles. The van der Waals surface area contributed by atoms with Gasteiger partial charge in [0.15, 0.2) is 11.0 Å². The van der Waals surface area contributed by atoms with E-state index in [1.807, 2.05) is 46.7 Å². The van der Waals surface area contributed by atoms with E-state index in [0.717, 1.165) is 37.2 Å². The monoisotopic (exact) mass is 424 g/mol. The molecule has 1 atom stereocenters. The zero-order valence-corrected chi connectivity index (χ0v) is 18.0. The second kappa shape index (κ2) is 9.00. The molecule has 2 heterocycles. The van der Waals surface area contributed by atoms with E-state index in [9.17, 15) is 9.18 Å².